The zero-order valence-electron chi connectivity index (χ0n) is 29.0. The Kier molecular flexibility index (Phi) is 18.2. The average Bonchev–Trinajstić information content (AvgIpc) is 2.94. The number of phenolic OH excluding ortho intramolecular Hbond substituents is 2. The lowest BCUT2D eigenvalue weighted by Crippen LogP contribution is -1.98. The van der Waals surface area contributed by atoms with Crippen molar-refractivity contribution in [3.63, 3.8) is 0 Å². The molecule has 0 aliphatic rings. The molecule has 1 rings (SSSR count). The third-order valence-corrected chi connectivity index (χ3v) is 8.01. The van der Waals surface area contributed by atoms with E-state index in [2.05, 4.69) is 84.9 Å². The van der Waals surface area contributed by atoms with E-state index in [4.69, 9.17) is 9.47 Å². The standard InChI is InChI=1S/C39H60O4/c1-28(2)16-11-17-29(3)18-12-19-30(4)20-13-21-31(5)22-14-23-32(6)24-15-25-33(7)26-27-35-34(8)36(40)38(42-9)39(43-10)37(35)41/h16,18,20,22,24,26,40-41H,11-15,17,19,21,23,25,27H2,1-10H3/b29-18+,30-20-,31-22-,32-24+,33-26+. The van der Waals surface area contributed by atoms with Crippen molar-refractivity contribution >= 4 is 0 Å². The summed E-state index contributed by atoms with van der Waals surface area (Å²) < 4.78 is 10.5. The maximum absolute atomic E-state index is 10.7. The second kappa shape index (κ2) is 20.7. The molecule has 1 aromatic rings. The van der Waals surface area contributed by atoms with E-state index in [-0.39, 0.29) is 23.0 Å². The molecule has 43 heavy (non-hydrogen) atoms. The number of ether oxygens (including phenoxy) is 2. The normalized spacial score (nSPS) is 13.4. The number of phenols is 2. The van der Waals surface area contributed by atoms with Gasteiger partial charge in [0.25, 0.3) is 0 Å². The van der Waals surface area contributed by atoms with Gasteiger partial charge in [-0.2, -0.15) is 0 Å². The molecular formula is C39H60O4. The second-order valence-corrected chi connectivity index (χ2v) is 12.3. The lowest BCUT2D eigenvalue weighted by molar-refractivity contribution is 0.314. The van der Waals surface area contributed by atoms with Gasteiger partial charge in [0.05, 0.1) is 14.2 Å². The molecule has 0 saturated heterocycles. The van der Waals surface area contributed by atoms with Crippen LogP contribution >= 0.6 is 0 Å². The van der Waals surface area contributed by atoms with E-state index in [1.54, 1.807) is 6.92 Å². The molecule has 240 valence electrons. The zero-order chi connectivity index (χ0) is 32.4. The molecule has 0 heterocycles. The van der Waals surface area contributed by atoms with E-state index >= 15 is 0 Å². The van der Waals surface area contributed by atoms with Crippen LogP contribution in [0.2, 0.25) is 0 Å². The molecule has 0 bridgehead atoms. The minimum atomic E-state index is 0.00697. The maximum Gasteiger partial charge on any atom is 0.207 e. The van der Waals surface area contributed by atoms with Crippen molar-refractivity contribution < 1.29 is 19.7 Å². The Morgan fingerprint density at radius 1 is 0.512 bits per heavy atom. The monoisotopic (exact) mass is 592 g/mol. The minimum absolute atomic E-state index is 0.00697. The predicted molar refractivity (Wildman–Crippen MR) is 186 cm³/mol. The Morgan fingerprint density at radius 2 is 0.837 bits per heavy atom. The summed E-state index contributed by atoms with van der Waals surface area (Å²) in [5, 5.41) is 21.1. The summed E-state index contributed by atoms with van der Waals surface area (Å²) in [7, 11) is 2.90. The Balaban J connectivity index is 2.44. The smallest absolute Gasteiger partial charge is 0.207 e. The molecule has 0 unspecified atom stereocenters. The molecule has 0 aliphatic heterocycles. The van der Waals surface area contributed by atoms with Crippen molar-refractivity contribution in [3.8, 4) is 23.0 Å². The molecule has 0 fully saturated rings. The third-order valence-electron chi connectivity index (χ3n) is 8.01. The lowest BCUT2D eigenvalue weighted by Gasteiger charge is -2.17. The van der Waals surface area contributed by atoms with Crippen LogP contribution in [0.1, 0.15) is 124 Å². The van der Waals surface area contributed by atoms with Gasteiger partial charge in [0.15, 0.2) is 11.5 Å². The fraction of sp³-hybridized carbons (Fsp3) is 0.538. The molecular weight excluding hydrogens is 532 g/mol. The van der Waals surface area contributed by atoms with Crippen molar-refractivity contribution in [2.75, 3.05) is 14.2 Å². The van der Waals surface area contributed by atoms with E-state index in [0.29, 0.717) is 17.5 Å². The quantitative estimate of drug-likeness (QED) is 0.124. The number of benzene rings is 1. The van der Waals surface area contributed by atoms with Crippen LogP contribution in [0.15, 0.2) is 69.9 Å². The van der Waals surface area contributed by atoms with Crippen LogP contribution < -0.4 is 9.47 Å². The van der Waals surface area contributed by atoms with Gasteiger partial charge in [-0.25, -0.2) is 0 Å². The maximum atomic E-state index is 10.7. The van der Waals surface area contributed by atoms with Crippen LogP contribution in [0.4, 0.5) is 0 Å². The molecule has 0 radical (unpaired) electrons. The molecule has 0 aliphatic carbocycles. The van der Waals surface area contributed by atoms with Gasteiger partial charge < -0.3 is 19.7 Å². The van der Waals surface area contributed by atoms with E-state index in [0.717, 1.165) is 57.8 Å². The Morgan fingerprint density at radius 3 is 1.19 bits per heavy atom. The van der Waals surface area contributed by atoms with Gasteiger partial charge in [-0.1, -0.05) is 69.9 Å². The average molecular weight is 593 g/mol. The summed E-state index contributed by atoms with van der Waals surface area (Å²) in [6.07, 6.45) is 25.5. The van der Waals surface area contributed by atoms with Crippen LogP contribution in [-0.2, 0) is 6.42 Å². The van der Waals surface area contributed by atoms with E-state index in [1.807, 2.05) is 0 Å². The van der Waals surface area contributed by atoms with Gasteiger partial charge in [0.2, 0.25) is 11.5 Å². The lowest BCUT2D eigenvalue weighted by atomic mass is 9.99. The van der Waals surface area contributed by atoms with E-state index < -0.39 is 0 Å². The fourth-order valence-electron chi connectivity index (χ4n) is 5.03. The molecule has 4 heteroatoms. The van der Waals surface area contributed by atoms with Crippen molar-refractivity contribution in [2.45, 2.75) is 126 Å². The number of hydrogen-bond acceptors (Lipinski definition) is 4. The third kappa shape index (κ3) is 14.7. The topological polar surface area (TPSA) is 58.9 Å². The summed E-state index contributed by atoms with van der Waals surface area (Å²) in [5.41, 5.74) is 9.82. The van der Waals surface area contributed by atoms with Gasteiger partial charge >= 0.3 is 0 Å². The van der Waals surface area contributed by atoms with Crippen molar-refractivity contribution in [1.29, 1.82) is 0 Å². The molecule has 0 aromatic heterocycles. The predicted octanol–water partition coefficient (Wildman–Crippen LogP) is 11.6. The number of allylic oxidation sites excluding steroid dienone is 12. The van der Waals surface area contributed by atoms with Gasteiger partial charge in [-0.05, 0) is 126 Å². The summed E-state index contributed by atoms with van der Waals surface area (Å²) in [5.74, 6) is 0.358. The molecule has 0 spiro atoms. The van der Waals surface area contributed by atoms with Gasteiger partial charge in [0, 0.05) is 11.1 Å². The largest absolute Gasteiger partial charge is 0.504 e. The van der Waals surface area contributed by atoms with Gasteiger partial charge in [-0.15, -0.1) is 0 Å². The number of hydrogen-bond donors (Lipinski definition) is 2. The van der Waals surface area contributed by atoms with Crippen LogP contribution in [0.5, 0.6) is 23.0 Å². The highest BCUT2D eigenvalue weighted by molar-refractivity contribution is 5.66. The van der Waals surface area contributed by atoms with Crippen molar-refractivity contribution in [3.05, 3.63) is 81.0 Å². The first-order valence-corrected chi connectivity index (χ1v) is 16.0. The van der Waals surface area contributed by atoms with Gasteiger partial charge in [-0.3, -0.25) is 0 Å². The van der Waals surface area contributed by atoms with Crippen LogP contribution in [0.3, 0.4) is 0 Å². The SMILES string of the molecule is COc1c(O)c(C)c(C/C=C(\C)CC/C=C(\C)CC/C=C(/C)CC/C=C(/C)CC/C=C(\C)CCC=C(C)C)c(O)c1OC. The second-order valence-electron chi connectivity index (χ2n) is 12.3. The molecule has 0 saturated carbocycles. The van der Waals surface area contributed by atoms with E-state index in [9.17, 15) is 10.2 Å². The molecule has 0 atom stereocenters. The number of methoxy groups -OCH3 is 2. The molecule has 4 nitrogen and oxygen atoms in total. The first-order chi connectivity index (χ1) is 20.4. The van der Waals surface area contributed by atoms with Crippen LogP contribution in [0.25, 0.3) is 0 Å². The fourth-order valence-corrected chi connectivity index (χ4v) is 5.03. The molecule has 0 amide bonds. The summed E-state index contributed by atoms with van der Waals surface area (Å²) in [4.78, 5) is 0. The number of aromatic hydroxyl groups is 2. The van der Waals surface area contributed by atoms with Gasteiger partial charge in [0.1, 0.15) is 0 Å². The van der Waals surface area contributed by atoms with Crippen LogP contribution in [0, 0.1) is 6.92 Å². The summed E-state index contributed by atoms with van der Waals surface area (Å²) in [6, 6.07) is 0. The summed E-state index contributed by atoms with van der Waals surface area (Å²) in [6.45, 7) is 17.2. The Bertz CT molecular complexity index is 1200. The number of rotatable bonds is 19. The highest BCUT2D eigenvalue weighted by Gasteiger charge is 2.22. The van der Waals surface area contributed by atoms with E-state index in [1.165, 1.54) is 54.1 Å². The molecule has 1 aromatic carbocycles. The Labute approximate surface area is 263 Å². The zero-order valence-corrected chi connectivity index (χ0v) is 29.0. The molecule has 2 N–H and O–H groups in total. The Hall–Kier alpha value is -3.14. The summed E-state index contributed by atoms with van der Waals surface area (Å²) >= 11 is 0. The highest BCUT2D eigenvalue weighted by Crippen LogP contribution is 2.48. The van der Waals surface area contributed by atoms with Crippen LogP contribution in [-0.4, -0.2) is 24.4 Å². The van der Waals surface area contributed by atoms with Crippen molar-refractivity contribution in [2.24, 2.45) is 0 Å². The minimum Gasteiger partial charge on any atom is -0.504 e. The first-order valence-electron chi connectivity index (χ1n) is 16.0. The highest BCUT2D eigenvalue weighted by atomic mass is 16.5. The first kappa shape index (κ1) is 37.9. The van der Waals surface area contributed by atoms with Crippen molar-refractivity contribution in [1.82, 2.24) is 0 Å².